The molecule has 0 radical (unpaired) electrons. The molecule has 0 saturated heterocycles. The number of hydrogen-bond acceptors (Lipinski definition) is 3. The van der Waals surface area contributed by atoms with Crippen molar-refractivity contribution in [2.45, 2.75) is 19.2 Å². The van der Waals surface area contributed by atoms with Gasteiger partial charge >= 0.3 is 0 Å². The Morgan fingerprint density at radius 2 is 1.94 bits per heavy atom. The molecule has 1 unspecified atom stereocenters. The van der Waals surface area contributed by atoms with Crippen LogP contribution in [0.2, 0.25) is 0 Å². The van der Waals surface area contributed by atoms with E-state index in [-0.39, 0.29) is 5.38 Å². The Bertz CT molecular complexity index is 631. The molecule has 1 atom stereocenters. The van der Waals surface area contributed by atoms with Crippen LogP contribution in [0.4, 0.5) is 0 Å². The lowest BCUT2D eigenvalue weighted by molar-refractivity contribution is 1.18. The molecule has 3 heterocycles. The fraction of sp³-hybridized carbons (Fsp3) is 0.231. The average Bonchev–Trinajstić information content (AvgIpc) is 2.90. The van der Waals surface area contributed by atoms with Crippen molar-refractivity contribution in [1.29, 1.82) is 0 Å². The molecule has 4 heteroatoms. The molecule has 0 N–H and O–H groups in total. The lowest BCUT2D eigenvalue weighted by Crippen LogP contribution is -1.89. The standard InChI is InChI=1S/C13H11ClS3/c1-7-5-9(8(2)16-7)13(14)12-6-11-10(17-12)3-4-15-11/h3-6,13H,1-2H3. The normalized spacial score (nSPS) is 13.4. The molecule has 88 valence electrons. The fourth-order valence-electron chi connectivity index (χ4n) is 1.96. The van der Waals surface area contributed by atoms with E-state index in [1.807, 2.05) is 22.7 Å². The van der Waals surface area contributed by atoms with E-state index >= 15 is 0 Å². The predicted octanol–water partition coefficient (Wildman–Crippen LogP) is 5.97. The maximum atomic E-state index is 6.60. The van der Waals surface area contributed by atoms with E-state index in [9.17, 15) is 0 Å². The third kappa shape index (κ3) is 2.06. The lowest BCUT2D eigenvalue weighted by Gasteiger charge is -2.05. The molecule has 0 amide bonds. The molecule has 0 spiro atoms. The van der Waals surface area contributed by atoms with Crippen LogP contribution in [0.1, 0.15) is 25.6 Å². The monoisotopic (exact) mass is 298 g/mol. The molecule has 3 rings (SSSR count). The Kier molecular flexibility index (Phi) is 3.03. The topological polar surface area (TPSA) is 0 Å². The molecular weight excluding hydrogens is 288 g/mol. The van der Waals surface area contributed by atoms with Crippen LogP contribution in [-0.4, -0.2) is 0 Å². The molecule has 0 bridgehead atoms. The zero-order valence-corrected chi connectivity index (χ0v) is 12.7. The van der Waals surface area contributed by atoms with E-state index in [0.717, 1.165) is 0 Å². The molecule has 0 aliphatic heterocycles. The van der Waals surface area contributed by atoms with Crippen molar-refractivity contribution in [3.63, 3.8) is 0 Å². The van der Waals surface area contributed by atoms with Crippen molar-refractivity contribution in [3.8, 4) is 0 Å². The second-order valence-electron chi connectivity index (χ2n) is 4.03. The summed E-state index contributed by atoms with van der Waals surface area (Å²) in [5.74, 6) is 0. The summed E-state index contributed by atoms with van der Waals surface area (Å²) in [7, 11) is 0. The molecule has 17 heavy (non-hydrogen) atoms. The highest BCUT2D eigenvalue weighted by molar-refractivity contribution is 7.27. The van der Waals surface area contributed by atoms with Crippen LogP contribution in [0.3, 0.4) is 0 Å². The highest BCUT2D eigenvalue weighted by atomic mass is 35.5. The summed E-state index contributed by atoms with van der Waals surface area (Å²) in [5.41, 5.74) is 1.27. The summed E-state index contributed by atoms with van der Waals surface area (Å²) in [6.45, 7) is 4.29. The van der Waals surface area contributed by atoms with Crippen LogP contribution in [0.25, 0.3) is 9.40 Å². The quantitative estimate of drug-likeness (QED) is 0.511. The number of halogens is 1. The van der Waals surface area contributed by atoms with Gasteiger partial charge in [-0.2, -0.15) is 0 Å². The van der Waals surface area contributed by atoms with Gasteiger partial charge in [0, 0.05) is 24.0 Å². The number of rotatable bonds is 2. The average molecular weight is 299 g/mol. The Morgan fingerprint density at radius 3 is 2.59 bits per heavy atom. The van der Waals surface area contributed by atoms with Crippen LogP contribution in [0.5, 0.6) is 0 Å². The maximum Gasteiger partial charge on any atom is 0.0939 e. The summed E-state index contributed by atoms with van der Waals surface area (Å²) in [6, 6.07) is 6.61. The van der Waals surface area contributed by atoms with Crippen LogP contribution in [-0.2, 0) is 0 Å². The third-order valence-corrected chi connectivity index (χ3v) is 6.50. The van der Waals surface area contributed by atoms with Gasteiger partial charge in [-0.3, -0.25) is 0 Å². The highest BCUT2D eigenvalue weighted by Gasteiger charge is 2.18. The first-order valence-electron chi connectivity index (χ1n) is 5.33. The first-order valence-corrected chi connectivity index (χ1v) is 8.28. The molecule has 3 aromatic rings. The Morgan fingerprint density at radius 1 is 1.12 bits per heavy atom. The highest BCUT2D eigenvalue weighted by Crippen LogP contribution is 2.41. The zero-order chi connectivity index (χ0) is 12.0. The van der Waals surface area contributed by atoms with Gasteiger partial charge in [0.1, 0.15) is 0 Å². The maximum absolute atomic E-state index is 6.60. The minimum absolute atomic E-state index is 0.00421. The fourth-order valence-corrected chi connectivity index (χ4v) is 5.53. The summed E-state index contributed by atoms with van der Waals surface area (Å²) in [6.07, 6.45) is 0. The number of fused-ring (bicyclic) bond motifs is 1. The minimum atomic E-state index is 0.00421. The molecule has 0 fully saturated rings. The van der Waals surface area contributed by atoms with E-state index in [0.29, 0.717) is 0 Å². The van der Waals surface area contributed by atoms with E-state index in [2.05, 4.69) is 37.4 Å². The van der Waals surface area contributed by atoms with E-state index in [1.54, 1.807) is 11.3 Å². The van der Waals surface area contributed by atoms with Gasteiger partial charge in [0.15, 0.2) is 0 Å². The summed E-state index contributed by atoms with van der Waals surface area (Å²) in [5, 5.41) is 2.14. The lowest BCUT2D eigenvalue weighted by atomic mass is 10.1. The van der Waals surface area contributed by atoms with Gasteiger partial charge in [0.05, 0.1) is 5.38 Å². The van der Waals surface area contributed by atoms with Gasteiger partial charge in [-0.1, -0.05) is 0 Å². The molecule has 0 aliphatic carbocycles. The van der Waals surface area contributed by atoms with Gasteiger partial charge in [0.2, 0.25) is 0 Å². The minimum Gasteiger partial charge on any atom is -0.146 e. The van der Waals surface area contributed by atoms with Gasteiger partial charge in [-0.25, -0.2) is 0 Å². The van der Waals surface area contributed by atoms with Crippen molar-refractivity contribution >= 4 is 55.0 Å². The summed E-state index contributed by atoms with van der Waals surface area (Å²) < 4.78 is 2.69. The molecule has 0 aromatic carbocycles. The summed E-state index contributed by atoms with van der Waals surface area (Å²) in [4.78, 5) is 3.93. The molecule has 0 aliphatic rings. The molecule has 3 aromatic heterocycles. The van der Waals surface area contributed by atoms with Gasteiger partial charge in [-0.05, 0) is 43.0 Å². The second-order valence-corrected chi connectivity index (χ2v) is 7.99. The van der Waals surface area contributed by atoms with Gasteiger partial charge in [-0.15, -0.1) is 45.6 Å². The SMILES string of the molecule is Cc1cc(C(Cl)c2cc3sccc3s2)c(C)s1. The molecular formula is C13H11ClS3. The number of hydrogen-bond donors (Lipinski definition) is 0. The Hall–Kier alpha value is -0.350. The number of thiophene rings is 3. The van der Waals surface area contributed by atoms with Crippen molar-refractivity contribution in [2.75, 3.05) is 0 Å². The second kappa shape index (κ2) is 4.39. The van der Waals surface area contributed by atoms with Crippen molar-refractivity contribution in [1.82, 2.24) is 0 Å². The number of alkyl halides is 1. The van der Waals surface area contributed by atoms with E-state index < -0.39 is 0 Å². The van der Waals surface area contributed by atoms with Gasteiger partial charge in [0.25, 0.3) is 0 Å². The van der Waals surface area contributed by atoms with E-state index in [4.69, 9.17) is 11.6 Å². The zero-order valence-electron chi connectivity index (χ0n) is 9.49. The predicted molar refractivity (Wildman–Crippen MR) is 81.2 cm³/mol. The first-order chi connectivity index (χ1) is 8.15. The van der Waals surface area contributed by atoms with E-state index in [1.165, 1.54) is 29.6 Å². The molecule has 0 saturated carbocycles. The summed E-state index contributed by atoms with van der Waals surface area (Å²) >= 11 is 12.0. The molecule has 0 nitrogen and oxygen atoms in total. The van der Waals surface area contributed by atoms with Crippen LogP contribution < -0.4 is 0 Å². The van der Waals surface area contributed by atoms with Crippen LogP contribution >= 0.6 is 45.6 Å². The Balaban J connectivity index is 2.04. The van der Waals surface area contributed by atoms with Crippen molar-refractivity contribution in [2.24, 2.45) is 0 Å². The van der Waals surface area contributed by atoms with Gasteiger partial charge < -0.3 is 0 Å². The Labute approximate surface area is 117 Å². The third-order valence-electron chi connectivity index (χ3n) is 2.76. The van der Waals surface area contributed by atoms with Crippen LogP contribution in [0, 0.1) is 13.8 Å². The first kappa shape index (κ1) is 11.7. The van der Waals surface area contributed by atoms with Crippen LogP contribution in [0.15, 0.2) is 23.6 Å². The largest absolute Gasteiger partial charge is 0.146 e. The van der Waals surface area contributed by atoms with Crippen molar-refractivity contribution < 1.29 is 0 Å². The smallest absolute Gasteiger partial charge is 0.0939 e. The number of aryl methyl sites for hydroxylation is 2. The van der Waals surface area contributed by atoms with Crippen molar-refractivity contribution in [3.05, 3.63) is 43.8 Å².